The van der Waals surface area contributed by atoms with Gasteiger partial charge in [0.05, 0.1) is 5.41 Å². The van der Waals surface area contributed by atoms with Crippen LogP contribution in [-0.2, 0) is 10.2 Å². The maximum Gasteiger partial charge on any atom is 0.130 e. The van der Waals surface area contributed by atoms with Gasteiger partial charge in [-0.2, -0.15) is 0 Å². The van der Waals surface area contributed by atoms with Crippen molar-refractivity contribution in [2.45, 2.75) is 31.4 Å². The summed E-state index contributed by atoms with van der Waals surface area (Å²) in [6.07, 6.45) is 0.730. The molecule has 0 radical (unpaired) electrons. The van der Waals surface area contributed by atoms with Crippen LogP contribution >= 0.6 is 15.9 Å². The van der Waals surface area contributed by atoms with E-state index in [-0.39, 0.29) is 0 Å². The highest BCUT2D eigenvalue weighted by Gasteiger charge is 2.46. The summed E-state index contributed by atoms with van der Waals surface area (Å²) in [5.74, 6) is 0. The molecule has 0 saturated heterocycles. The van der Waals surface area contributed by atoms with Crippen molar-refractivity contribution in [1.29, 1.82) is 0 Å². The predicted octanol–water partition coefficient (Wildman–Crippen LogP) is 3.33. The summed E-state index contributed by atoms with van der Waals surface area (Å²) < 4.78 is 13.9. The van der Waals surface area contributed by atoms with Crippen molar-refractivity contribution in [3.63, 3.8) is 0 Å². The minimum Gasteiger partial charge on any atom is -0.302 e. The Morgan fingerprint density at radius 3 is 2.73 bits per heavy atom. The highest BCUT2D eigenvalue weighted by molar-refractivity contribution is 9.10. The van der Waals surface area contributed by atoms with Gasteiger partial charge in [-0.15, -0.1) is 0 Å². The molecule has 1 aromatic carbocycles. The van der Waals surface area contributed by atoms with Crippen LogP contribution < -0.4 is 0 Å². The molecule has 1 aliphatic carbocycles. The quantitative estimate of drug-likeness (QED) is 0.754. The number of alkyl halides is 1. The minimum absolute atomic E-state index is 0.327. The fourth-order valence-electron chi connectivity index (χ4n) is 2.26. The number of rotatable bonds is 2. The van der Waals surface area contributed by atoms with Crippen molar-refractivity contribution in [2.24, 2.45) is 0 Å². The van der Waals surface area contributed by atoms with Crippen LogP contribution in [0.25, 0.3) is 0 Å². The third kappa shape index (κ3) is 1.63. The van der Waals surface area contributed by atoms with Crippen molar-refractivity contribution in [2.75, 3.05) is 0 Å². The molecule has 0 amide bonds. The average Bonchev–Trinajstić information content (AvgIpc) is 2.17. The summed E-state index contributed by atoms with van der Waals surface area (Å²) in [6.45, 7) is 1.95. The second kappa shape index (κ2) is 3.71. The predicted molar refractivity (Wildman–Crippen MR) is 60.8 cm³/mol. The smallest absolute Gasteiger partial charge is 0.130 e. The molecule has 0 aromatic heterocycles. The molecule has 0 atom stereocenters. The van der Waals surface area contributed by atoms with E-state index in [1.807, 2.05) is 25.1 Å². The Labute approximate surface area is 96.8 Å². The van der Waals surface area contributed by atoms with Crippen LogP contribution in [0, 0.1) is 6.92 Å². The Morgan fingerprint density at radius 2 is 2.20 bits per heavy atom. The molecule has 1 aliphatic rings. The van der Waals surface area contributed by atoms with Crippen LogP contribution in [0.4, 0.5) is 4.39 Å². The second-order valence-corrected chi connectivity index (χ2v) is 5.05. The fourth-order valence-corrected chi connectivity index (χ4v) is 2.62. The summed E-state index contributed by atoms with van der Waals surface area (Å²) >= 11 is 3.43. The molecule has 0 aliphatic heterocycles. The lowest BCUT2D eigenvalue weighted by molar-refractivity contribution is -0.117. The maximum atomic E-state index is 12.9. The van der Waals surface area contributed by atoms with Gasteiger partial charge in [-0.1, -0.05) is 28.1 Å². The Bertz CT molecular complexity index is 397. The Kier molecular flexibility index (Phi) is 2.67. The van der Waals surface area contributed by atoms with E-state index in [9.17, 15) is 9.18 Å². The molecule has 1 nitrogen and oxygen atoms in total. The van der Waals surface area contributed by atoms with Crippen LogP contribution in [0.15, 0.2) is 22.7 Å². The van der Waals surface area contributed by atoms with E-state index in [2.05, 4.69) is 15.9 Å². The van der Waals surface area contributed by atoms with Crippen molar-refractivity contribution >= 4 is 22.2 Å². The Hall–Kier alpha value is -0.700. The van der Waals surface area contributed by atoms with Gasteiger partial charge in [0.25, 0.3) is 0 Å². The zero-order chi connectivity index (χ0) is 11.1. The van der Waals surface area contributed by atoms with Crippen molar-refractivity contribution in [3.8, 4) is 0 Å². The topological polar surface area (TPSA) is 17.1 Å². The number of aldehydes is 1. The van der Waals surface area contributed by atoms with Gasteiger partial charge in [-0.25, -0.2) is 4.39 Å². The van der Waals surface area contributed by atoms with E-state index in [4.69, 9.17) is 0 Å². The summed E-state index contributed by atoms with van der Waals surface area (Å²) in [5, 5.41) is 0. The molecule has 0 spiro atoms. The summed E-state index contributed by atoms with van der Waals surface area (Å²) in [4.78, 5) is 11.1. The number of benzene rings is 1. The van der Waals surface area contributed by atoms with E-state index in [1.54, 1.807) is 0 Å². The van der Waals surface area contributed by atoms with Gasteiger partial charge in [-0.3, -0.25) is 0 Å². The zero-order valence-electron chi connectivity index (χ0n) is 8.47. The third-order valence-electron chi connectivity index (χ3n) is 3.20. The summed E-state index contributed by atoms with van der Waals surface area (Å²) in [6, 6.07) is 5.74. The first-order valence-electron chi connectivity index (χ1n) is 4.95. The lowest BCUT2D eigenvalue weighted by Gasteiger charge is -2.41. The van der Waals surface area contributed by atoms with Gasteiger partial charge in [0.2, 0.25) is 0 Å². The number of halogens is 2. The molecular formula is C12H12BrFO. The number of hydrogen-bond acceptors (Lipinski definition) is 1. The highest BCUT2D eigenvalue weighted by Crippen LogP contribution is 2.45. The standard InChI is InChI=1S/C12H12BrFO/c1-8-10(3-2-4-11(8)13)12(7-15)5-9(14)6-12/h2-4,7,9H,5-6H2,1H3. The normalized spacial score (nSPS) is 29.7. The lowest BCUT2D eigenvalue weighted by Crippen LogP contribution is -2.44. The molecule has 1 saturated carbocycles. The average molecular weight is 271 g/mol. The highest BCUT2D eigenvalue weighted by atomic mass is 79.9. The number of carbonyl (C=O) groups excluding carboxylic acids is 1. The molecule has 2 rings (SSSR count). The Balaban J connectivity index is 2.44. The summed E-state index contributed by atoms with van der Waals surface area (Å²) in [7, 11) is 0. The first-order chi connectivity index (χ1) is 7.09. The largest absolute Gasteiger partial charge is 0.302 e. The van der Waals surface area contributed by atoms with Crippen LogP contribution in [0.3, 0.4) is 0 Å². The van der Waals surface area contributed by atoms with E-state index in [0.717, 1.165) is 21.9 Å². The molecule has 15 heavy (non-hydrogen) atoms. The van der Waals surface area contributed by atoms with E-state index >= 15 is 0 Å². The van der Waals surface area contributed by atoms with Crippen LogP contribution in [0.5, 0.6) is 0 Å². The molecule has 3 heteroatoms. The third-order valence-corrected chi connectivity index (χ3v) is 4.06. The minimum atomic E-state index is -0.825. The monoisotopic (exact) mass is 270 g/mol. The maximum absolute atomic E-state index is 12.9. The van der Waals surface area contributed by atoms with Crippen molar-refractivity contribution < 1.29 is 9.18 Å². The molecule has 0 N–H and O–H groups in total. The molecule has 0 unspecified atom stereocenters. The van der Waals surface area contributed by atoms with Crippen molar-refractivity contribution in [3.05, 3.63) is 33.8 Å². The van der Waals surface area contributed by atoms with Crippen LogP contribution in [-0.4, -0.2) is 12.5 Å². The zero-order valence-corrected chi connectivity index (χ0v) is 10.1. The fraction of sp³-hybridized carbons (Fsp3) is 0.417. The van der Waals surface area contributed by atoms with Crippen molar-refractivity contribution in [1.82, 2.24) is 0 Å². The van der Waals surface area contributed by atoms with Gasteiger partial charge in [-0.05, 0) is 37.0 Å². The van der Waals surface area contributed by atoms with Gasteiger partial charge >= 0.3 is 0 Å². The van der Waals surface area contributed by atoms with E-state index in [0.29, 0.717) is 12.8 Å². The molecule has 1 aromatic rings. The molecule has 0 bridgehead atoms. The summed E-state index contributed by atoms with van der Waals surface area (Å²) in [5.41, 5.74) is 1.42. The first kappa shape index (κ1) is 10.8. The van der Waals surface area contributed by atoms with Gasteiger partial charge in [0.15, 0.2) is 0 Å². The molecule has 80 valence electrons. The Morgan fingerprint density at radius 1 is 1.53 bits per heavy atom. The number of carbonyl (C=O) groups is 1. The van der Waals surface area contributed by atoms with E-state index in [1.165, 1.54) is 0 Å². The molecular weight excluding hydrogens is 259 g/mol. The molecule has 1 fully saturated rings. The number of hydrogen-bond donors (Lipinski definition) is 0. The lowest BCUT2D eigenvalue weighted by atomic mass is 9.63. The first-order valence-corrected chi connectivity index (χ1v) is 5.74. The second-order valence-electron chi connectivity index (χ2n) is 4.19. The van der Waals surface area contributed by atoms with Gasteiger partial charge in [0, 0.05) is 4.47 Å². The van der Waals surface area contributed by atoms with Gasteiger partial charge in [0.1, 0.15) is 12.5 Å². The van der Waals surface area contributed by atoms with Crippen LogP contribution in [0.2, 0.25) is 0 Å². The molecule has 0 heterocycles. The van der Waals surface area contributed by atoms with Crippen LogP contribution in [0.1, 0.15) is 24.0 Å². The van der Waals surface area contributed by atoms with Gasteiger partial charge < -0.3 is 4.79 Å². The van der Waals surface area contributed by atoms with E-state index < -0.39 is 11.6 Å². The SMILES string of the molecule is Cc1c(Br)cccc1C1(C=O)CC(F)C1.